The summed E-state index contributed by atoms with van der Waals surface area (Å²) in [6, 6.07) is 13.3. The van der Waals surface area contributed by atoms with Crippen molar-refractivity contribution in [1.82, 2.24) is 5.32 Å². The summed E-state index contributed by atoms with van der Waals surface area (Å²) in [5, 5.41) is 3.00. The maximum absolute atomic E-state index is 13.9. The smallest absolute Gasteiger partial charge is 0.165 e. The topological polar surface area (TPSA) is 21.3 Å². The Morgan fingerprint density at radius 1 is 1.05 bits per heavy atom. The van der Waals surface area contributed by atoms with Crippen LogP contribution in [0.2, 0.25) is 0 Å². The highest BCUT2D eigenvalue weighted by molar-refractivity contribution is 5.30. The highest BCUT2D eigenvalue weighted by Gasteiger charge is 2.05. The summed E-state index contributed by atoms with van der Waals surface area (Å²) in [6.07, 6.45) is 0. The van der Waals surface area contributed by atoms with Crippen LogP contribution in [0.4, 0.5) is 4.39 Å². The second-order valence-corrected chi connectivity index (χ2v) is 5.48. The Labute approximate surface area is 126 Å². The molecule has 0 aliphatic carbocycles. The van der Waals surface area contributed by atoms with Gasteiger partial charge in [-0.25, -0.2) is 4.39 Å². The molecule has 0 saturated heterocycles. The number of nitrogens with one attached hydrogen (secondary N) is 1. The van der Waals surface area contributed by atoms with Crippen LogP contribution in [0.1, 0.15) is 36.5 Å². The third-order valence-electron chi connectivity index (χ3n) is 3.42. The molecule has 3 heteroatoms. The molecule has 21 heavy (non-hydrogen) atoms. The minimum absolute atomic E-state index is 0.294. The third kappa shape index (κ3) is 4.30. The van der Waals surface area contributed by atoms with Crippen LogP contribution in [-0.2, 0) is 13.2 Å². The lowest BCUT2D eigenvalue weighted by atomic mass is 10.0. The van der Waals surface area contributed by atoms with Gasteiger partial charge in [0.15, 0.2) is 11.6 Å². The Kier molecular flexibility index (Phi) is 5.34. The molecule has 2 nitrogen and oxygen atoms in total. The van der Waals surface area contributed by atoms with Gasteiger partial charge in [-0.3, -0.25) is 0 Å². The zero-order chi connectivity index (χ0) is 15.2. The fourth-order valence-corrected chi connectivity index (χ4v) is 2.14. The van der Waals surface area contributed by atoms with E-state index in [2.05, 4.69) is 31.3 Å². The minimum Gasteiger partial charge on any atom is -0.486 e. The SMILES string of the molecule is CNCc1ccc(OCc2ccc(C(C)C)cc2)c(F)c1. The number of halogens is 1. The van der Waals surface area contributed by atoms with Crippen molar-refractivity contribution >= 4 is 0 Å². The number of benzene rings is 2. The minimum atomic E-state index is -0.318. The molecule has 0 aromatic heterocycles. The lowest BCUT2D eigenvalue weighted by molar-refractivity contribution is 0.290. The molecule has 0 aliphatic heterocycles. The summed E-state index contributed by atoms with van der Waals surface area (Å²) in [4.78, 5) is 0. The Balaban J connectivity index is 1.99. The molecule has 2 aromatic carbocycles. The Morgan fingerprint density at radius 3 is 2.29 bits per heavy atom. The fourth-order valence-electron chi connectivity index (χ4n) is 2.14. The van der Waals surface area contributed by atoms with Crippen LogP contribution in [0.25, 0.3) is 0 Å². The molecule has 2 aromatic rings. The average Bonchev–Trinajstić information content (AvgIpc) is 2.47. The standard InChI is InChI=1S/C18H22FNO/c1-13(2)16-7-4-14(5-8-16)12-21-18-9-6-15(11-20-3)10-17(18)19/h4-10,13,20H,11-12H2,1-3H3. The molecule has 0 atom stereocenters. The van der Waals surface area contributed by atoms with Gasteiger partial charge in [0.25, 0.3) is 0 Å². The van der Waals surface area contributed by atoms with Gasteiger partial charge in [-0.1, -0.05) is 44.2 Å². The van der Waals surface area contributed by atoms with E-state index in [1.807, 2.05) is 25.2 Å². The second kappa shape index (κ2) is 7.23. The van der Waals surface area contributed by atoms with E-state index in [0.29, 0.717) is 24.8 Å². The second-order valence-electron chi connectivity index (χ2n) is 5.48. The van der Waals surface area contributed by atoms with Crippen LogP contribution < -0.4 is 10.1 Å². The molecule has 0 heterocycles. The molecule has 0 spiro atoms. The van der Waals surface area contributed by atoms with Gasteiger partial charge >= 0.3 is 0 Å². The van der Waals surface area contributed by atoms with Crippen molar-refractivity contribution in [2.45, 2.75) is 32.9 Å². The molecular weight excluding hydrogens is 265 g/mol. The summed E-state index contributed by atoms with van der Waals surface area (Å²) in [5.74, 6) is 0.487. The predicted octanol–water partition coefficient (Wildman–Crippen LogP) is 4.25. The van der Waals surface area contributed by atoms with Crippen LogP contribution in [0, 0.1) is 5.82 Å². The van der Waals surface area contributed by atoms with Crippen LogP contribution in [0.3, 0.4) is 0 Å². The first kappa shape index (κ1) is 15.5. The summed E-state index contributed by atoms with van der Waals surface area (Å²) in [7, 11) is 1.84. The van der Waals surface area contributed by atoms with E-state index < -0.39 is 0 Å². The summed E-state index contributed by atoms with van der Waals surface area (Å²) >= 11 is 0. The molecule has 112 valence electrons. The predicted molar refractivity (Wildman–Crippen MR) is 84.0 cm³/mol. The van der Waals surface area contributed by atoms with Gasteiger partial charge in [-0.05, 0) is 41.8 Å². The maximum Gasteiger partial charge on any atom is 0.165 e. The lowest BCUT2D eigenvalue weighted by Gasteiger charge is -2.10. The fraction of sp³-hybridized carbons (Fsp3) is 0.333. The van der Waals surface area contributed by atoms with Gasteiger partial charge in [-0.2, -0.15) is 0 Å². The molecule has 0 aliphatic rings. The van der Waals surface area contributed by atoms with Crippen molar-refractivity contribution in [2.24, 2.45) is 0 Å². The van der Waals surface area contributed by atoms with Crippen molar-refractivity contribution in [2.75, 3.05) is 7.05 Å². The van der Waals surface area contributed by atoms with Crippen molar-refractivity contribution < 1.29 is 9.13 Å². The summed E-state index contributed by atoms with van der Waals surface area (Å²) in [5.41, 5.74) is 3.24. The van der Waals surface area contributed by atoms with Crippen LogP contribution in [0.5, 0.6) is 5.75 Å². The molecule has 0 fully saturated rings. The quantitative estimate of drug-likeness (QED) is 0.857. The van der Waals surface area contributed by atoms with Gasteiger partial charge in [0.2, 0.25) is 0 Å². The monoisotopic (exact) mass is 287 g/mol. The largest absolute Gasteiger partial charge is 0.486 e. The van der Waals surface area contributed by atoms with Gasteiger partial charge in [-0.15, -0.1) is 0 Å². The highest BCUT2D eigenvalue weighted by atomic mass is 19.1. The Hall–Kier alpha value is -1.87. The summed E-state index contributed by atoms with van der Waals surface area (Å²) in [6.45, 7) is 5.34. The number of hydrogen-bond donors (Lipinski definition) is 1. The molecule has 0 amide bonds. The van der Waals surface area contributed by atoms with Crippen LogP contribution in [0.15, 0.2) is 42.5 Å². The van der Waals surface area contributed by atoms with E-state index >= 15 is 0 Å². The van der Waals surface area contributed by atoms with Gasteiger partial charge < -0.3 is 10.1 Å². The van der Waals surface area contributed by atoms with E-state index in [0.717, 1.165) is 11.1 Å². The zero-order valence-corrected chi connectivity index (χ0v) is 12.8. The van der Waals surface area contributed by atoms with E-state index in [-0.39, 0.29) is 5.82 Å². The van der Waals surface area contributed by atoms with Crippen LogP contribution in [-0.4, -0.2) is 7.05 Å². The first-order valence-electron chi connectivity index (χ1n) is 7.25. The van der Waals surface area contributed by atoms with Gasteiger partial charge in [0.1, 0.15) is 6.61 Å². The van der Waals surface area contributed by atoms with Crippen molar-refractivity contribution in [3.05, 3.63) is 65.0 Å². The molecule has 0 unspecified atom stereocenters. The van der Waals surface area contributed by atoms with Gasteiger partial charge in [0, 0.05) is 6.54 Å². The number of ether oxygens (including phenoxy) is 1. The van der Waals surface area contributed by atoms with Crippen molar-refractivity contribution in [1.29, 1.82) is 0 Å². The number of hydrogen-bond acceptors (Lipinski definition) is 2. The van der Waals surface area contributed by atoms with Gasteiger partial charge in [0.05, 0.1) is 0 Å². The molecular formula is C18H22FNO. The molecule has 0 radical (unpaired) electrons. The molecule has 0 bridgehead atoms. The number of rotatable bonds is 6. The molecule has 2 rings (SSSR count). The van der Waals surface area contributed by atoms with Crippen molar-refractivity contribution in [3.8, 4) is 5.75 Å². The summed E-state index contributed by atoms with van der Waals surface area (Å²) < 4.78 is 19.5. The first-order chi connectivity index (χ1) is 10.1. The highest BCUT2D eigenvalue weighted by Crippen LogP contribution is 2.20. The van der Waals surface area contributed by atoms with Crippen LogP contribution >= 0.6 is 0 Å². The average molecular weight is 287 g/mol. The first-order valence-corrected chi connectivity index (χ1v) is 7.25. The molecule has 0 saturated carbocycles. The van der Waals surface area contributed by atoms with Crippen molar-refractivity contribution in [3.63, 3.8) is 0 Å². The Bertz CT molecular complexity index is 578. The lowest BCUT2D eigenvalue weighted by Crippen LogP contribution is -2.05. The van der Waals surface area contributed by atoms with E-state index in [9.17, 15) is 4.39 Å². The zero-order valence-electron chi connectivity index (χ0n) is 12.8. The van der Waals surface area contributed by atoms with E-state index in [1.165, 1.54) is 11.6 Å². The Morgan fingerprint density at radius 2 is 1.71 bits per heavy atom. The molecule has 1 N–H and O–H groups in total. The maximum atomic E-state index is 13.9. The van der Waals surface area contributed by atoms with E-state index in [4.69, 9.17) is 4.74 Å². The normalized spacial score (nSPS) is 10.9. The van der Waals surface area contributed by atoms with E-state index in [1.54, 1.807) is 6.07 Å². The third-order valence-corrected chi connectivity index (χ3v) is 3.42.